The number of unbranched alkanes of at least 4 members (excludes halogenated alkanes) is 3. The zero-order valence-electron chi connectivity index (χ0n) is 19.6. The fourth-order valence-electron chi connectivity index (χ4n) is 3.73. The maximum absolute atomic E-state index is 13.3. The standard InChI is InChI=1S/C26H32N2O4S2/c1-2-3-4-11-20-33-21-24-25(29)27(18-16-22-12-7-5-8-13-22)34(31,32)28(26(24)30)19-17-23-14-9-6-10-15-23/h5-10,12-15,21H,2-4,11,16-20H2,1H3. The van der Waals surface area contributed by atoms with E-state index in [0.29, 0.717) is 12.8 Å². The van der Waals surface area contributed by atoms with Gasteiger partial charge in [0.2, 0.25) is 0 Å². The molecule has 3 rings (SSSR count). The molecule has 182 valence electrons. The normalized spacial score (nSPS) is 15.6. The average Bonchev–Trinajstić information content (AvgIpc) is 2.84. The predicted octanol–water partition coefficient (Wildman–Crippen LogP) is 4.58. The Bertz CT molecular complexity index is 1010. The second kappa shape index (κ2) is 12.8. The van der Waals surface area contributed by atoms with Crippen LogP contribution in [0.3, 0.4) is 0 Å². The third-order valence-corrected chi connectivity index (χ3v) is 8.42. The molecule has 1 fully saturated rings. The summed E-state index contributed by atoms with van der Waals surface area (Å²) in [6, 6.07) is 18.8. The van der Waals surface area contributed by atoms with Crippen molar-refractivity contribution in [1.82, 2.24) is 8.61 Å². The minimum atomic E-state index is -4.26. The molecule has 1 saturated heterocycles. The first-order valence-corrected chi connectivity index (χ1v) is 14.2. The first-order valence-electron chi connectivity index (χ1n) is 11.7. The zero-order valence-corrected chi connectivity index (χ0v) is 21.2. The summed E-state index contributed by atoms with van der Waals surface area (Å²) in [5.41, 5.74) is 1.78. The van der Waals surface area contributed by atoms with E-state index >= 15 is 0 Å². The van der Waals surface area contributed by atoms with Gasteiger partial charge in [0, 0.05) is 13.1 Å². The molecule has 2 aromatic rings. The highest BCUT2D eigenvalue weighted by molar-refractivity contribution is 8.02. The van der Waals surface area contributed by atoms with Gasteiger partial charge in [-0.3, -0.25) is 9.59 Å². The average molecular weight is 501 g/mol. The monoisotopic (exact) mass is 500 g/mol. The van der Waals surface area contributed by atoms with Gasteiger partial charge in [0.05, 0.1) is 0 Å². The smallest absolute Gasteiger partial charge is 0.268 e. The molecule has 6 nitrogen and oxygen atoms in total. The van der Waals surface area contributed by atoms with E-state index in [0.717, 1.165) is 51.2 Å². The molecule has 1 aliphatic heterocycles. The maximum Gasteiger partial charge on any atom is 0.331 e. The summed E-state index contributed by atoms with van der Waals surface area (Å²) in [7, 11) is -4.26. The SMILES string of the molecule is CCCCCCSC=C1C(=O)N(CCc2ccccc2)S(=O)(=O)N(CCc2ccccc2)C1=O. The summed E-state index contributed by atoms with van der Waals surface area (Å²) in [6.45, 7) is 2.11. The molecule has 1 aliphatic rings. The van der Waals surface area contributed by atoms with Gasteiger partial charge in [-0.15, -0.1) is 11.8 Å². The number of hydrogen-bond donors (Lipinski definition) is 0. The predicted molar refractivity (Wildman–Crippen MR) is 137 cm³/mol. The Morgan fingerprint density at radius 2 is 1.26 bits per heavy atom. The Balaban J connectivity index is 1.80. The summed E-state index contributed by atoms with van der Waals surface area (Å²) < 4.78 is 28.4. The molecule has 2 aromatic carbocycles. The van der Waals surface area contributed by atoms with Crippen molar-refractivity contribution in [3.63, 3.8) is 0 Å². The minimum Gasteiger partial charge on any atom is -0.268 e. The summed E-state index contributed by atoms with van der Waals surface area (Å²) in [5.74, 6) is -0.693. The molecule has 0 spiro atoms. The number of rotatable bonds is 12. The van der Waals surface area contributed by atoms with Crippen molar-refractivity contribution in [2.75, 3.05) is 18.8 Å². The molecule has 0 saturated carbocycles. The van der Waals surface area contributed by atoms with Crippen molar-refractivity contribution < 1.29 is 18.0 Å². The molecule has 0 radical (unpaired) electrons. The van der Waals surface area contributed by atoms with Gasteiger partial charge < -0.3 is 0 Å². The lowest BCUT2D eigenvalue weighted by Crippen LogP contribution is -2.57. The first-order chi connectivity index (χ1) is 16.4. The van der Waals surface area contributed by atoms with E-state index in [4.69, 9.17) is 0 Å². The lowest BCUT2D eigenvalue weighted by molar-refractivity contribution is -0.131. The van der Waals surface area contributed by atoms with E-state index in [-0.39, 0.29) is 18.7 Å². The van der Waals surface area contributed by atoms with Crippen LogP contribution in [0.1, 0.15) is 43.7 Å². The van der Waals surface area contributed by atoms with Crippen LogP contribution in [-0.2, 0) is 32.6 Å². The Labute approximate surface area is 207 Å². The van der Waals surface area contributed by atoms with Crippen molar-refractivity contribution in [2.45, 2.75) is 45.4 Å². The van der Waals surface area contributed by atoms with Gasteiger partial charge in [-0.2, -0.15) is 8.42 Å². The van der Waals surface area contributed by atoms with E-state index in [2.05, 4.69) is 6.92 Å². The van der Waals surface area contributed by atoms with E-state index in [1.165, 1.54) is 11.8 Å². The van der Waals surface area contributed by atoms with Gasteiger partial charge in [0.25, 0.3) is 11.8 Å². The second-order valence-corrected chi connectivity index (χ2v) is 11.0. The molecule has 0 bridgehead atoms. The lowest BCUT2D eigenvalue weighted by Gasteiger charge is -2.35. The van der Waals surface area contributed by atoms with Crippen LogP contribution in [0.25, 0.3) is 0 Å². The fourth-order valence-corrected chi connectivity index (χ4v) is 6.08. The van der Waals surface area contributed by atoms with Crippen molar-refractivity contribution >= 4 is 33.8 Å². The van der Waals surface area contributed by atoms with Crippen LogP contribution in [0.5, 0.6) is 0 Å². The molecule has 2 amide bonds. The number of thioether (sulfide) groups is 1. The van der Waals surface area contributed by atoms with Crippen LogP contribution in [0.15, 0.2) is 71.6 Å². The van der Waals surface area contributed by atoms with Crippen LogP contribution in [-0.4, -0.2) is 47.7 Å². The molecule has 0 atom stereocenters. The minimum absolute atomic E-state index is 0.0151. The molecule has 34 heavy (non-hydrogen) atoms. The molecular weight excluding hydrogens is 468 g/mol. The van der Waals surface area contributed by atoms with Crippen LogP contribution in [0, 0.1) is 0 Å². The summed E-state index contributed by atoms with van der Waals surface area (Å²) in [4.78, 5) is 26.4. The van der Waals surface area contributed by atoms with Crippen molar-refractivity contribution in [2.24, 2.45) is 0 Å². The molecule has 0 N–H and O–H groups in total. The van der Waals surface area contributed by atoms with Gasteiger partial charge in [-0.05, 0) is 41.6 Å². The largest absolute Gasteiger partial charge is 0.331 e. The third kappa shape index (κ3) is 6.73. The fraction of sp³-hybridized carbons (Fsp3) is 0.385. The Hall–Kier alpha value is -2.58. The van der Waals surface area contributed by atoms with Crippen LogP contribution < -0.4 is 0 Å². The van der Waals surface area contributed by atoms with Crippen molar-refractivity contribution in [1.29, 1.82) is 0 Å². The lowest BCUT2D eigenvalue weighted by atomic mass is 10.1. The Morgan fingerprint density at radius 3 is 1.74 bits per heavy atom. The molecule has 8 heteroatoms. The number of hydrogen-bond acceptors (Lipinski definition) is 5. The van der Waals surface area contributed by atoms with E-state index in [1.54, 1.807) is 5.41 Å². The summed E-state index contributed by atoms with van der Waals surface area (Å²) in [5, 5.41) is 1.55. The van der Waals surface area contributed by atoms with Gasteiger partial charge >= 0.3 is 10.2 Å². The van der Waals surface area contributed by atoms with Gasteiger partial charge in [0.1, 0.15) is 5.57 Å². The summed E-state index contributed by atoms with van der Waals surface area (Å²) in [6.07, 6.45) is 5.11. The first kappa shape index (κ1) is 26.0. The Morgan fingerprint density at radius 1 is 0.765 bits per heavy atom. The third-order valence-electron chi connectivity index (χ3n) is 5.68. The molecular formula is C26H32N2O4S2. The highest BCUT2D eigenvalue weighted by Gasteiger charge is 2.46. The molecule has 0 unspecified atom stereocenters. The highest BCUT2D eigenvalue weighted by atomic mass is 32.2. The quantitative estimate of drug-likeness (QED) is 0.242. The Kier molecular flexibility index (Phi) is 9.77. The second-order valence-electron chi connectivity index (χ2n) is 8.20. The van der Waals surface area contributed by atoms with E-state index < -0.39 is 22.0 Å². The van der Waals surface area contributed by atoms with E-state index in [9.17, 15) is 18.0 Å². The van der Waals surface area contributed by atoms with Crippen molar-refractivity contribution in [3.8, 4) is 0 Å². The molecule has 1 heterocycles. The number of carbonyl (C=O) groups excluding carboxylic acids is 2. The van der Waals surface area contributed by atoms with E-state index in [1.807, 2.05) is 60.7 Å². The highest BCUT2D eigenvalue weighted by Crippen LogP contribution is 2.26. The number of benzene rings is 2. The molecule has 0 aliphatic carbocycles. The van der Waals surface area contributed by atoms with Gasteiger partial charge in [0.15, 0.2) is 0 Å². The number of amides is 2. The number of carbonyl (C=O) groups is 2. The van der Waals surface area contributed by atoms with Gasteiger partial charge in [-0.25, -0.2) is 8.61 Å². The van der Waals surface area contributed by atoms with Crippen LogP contribution in [0.4, 0.5) is 0 Å². The topological polar surface area (TPSA) is 74.8 Å². The van der Waals surface area contributed by atoms with Crippen molar-refractivity contribution in [3.05, 3.63) is 82.8 Å². The van der Waals surface area contributed by atoms with Crippen LogP contribution >= 0.6 is 11.8 Å². The summed E-state index contributed by atoms with van der Waals surface area (Å²) >= 11 is 1.40. The van der Waals surface area contributed by atoms with Gasteiger partial charge in [-0.1, -0.05) is 86.8 Å². The zero-order chi connectivity index (χ0) is 24.4. The maximum atomic E-state index is 13.3. The number of nitrogens with zero attached hydrogens (tertiary/aromatic N) is 2. The molecule has 0 aromatic heterocycles. The van der Waals surface area contributed by atoms with Crippen LogP contribution in [0.2, 0.25) is 0 Å².